The minimum Gasteiger partial charge on any atom is -0.303 e. The fourth-order valence-electron chi connectivity index (χ4n) is 1.51. The molecule has 0 aromatic heterocycles. The molecule has 102 valence electrons. The molecular weight excluding hydrogens is 275 g/mol. The minimum absolute atomic E-state index is 0.0959. The summed E-state index contributed by atoms with van der Waals surface area (Å²) in [7, 11) is -5.62. The molecule has 1 aromatic rings. The second-order valence-corrected chi connectivity index (χ2v) is 6.73. The summed E-state index contributed by atoms with van der Waals surface area (Å²) in [6.07, 6.45) is 1.01. The highest BCUT2D eigenvalue weighted by Gasteiger charge is 2.19. The maximum absolute atomic E-state index is 12.2. The van der Waals surface area contributed by atoms with Crippen LogP contribution in [0.2, 0.25) is 0 Å². The molecule has 0 spiro atoms. The SMILES string of the molecule is CCC(CCOP(=O)(O)O)S(=O)c1ccccc1. The first-order chi connectivity index (χ1) is 8.44. The average molecular weight is 292 g/mol. The smallest absolute Gasteiger partial charge is 0.303 e. The molecule has 0 radical (unpaired) electrons. The monoisotopic (exact) mass is 292 g/mol. The zero-order chi connectivity index (χ0) is 13.6. The molecule has 18 heavy (non-hydrogen) atoms. The fourth-order valence-corrected chi connectivity index (χ4v) is 3.28. The molecule has 0 aliphatic rings. The van der Waals surface area contributed by atoms with Gasteiger partial charge in [-0.2, -0.15) is 0 Å². The van der Waals surface area contributed by atoms with Gasteiger partial charge in [-0.05, 0) is 25.0 Å². The molecule has 1 aromatic carbocycles. The lowest BCUT2D eigenvalue weighted by molar-refractivity contribution is 0.194. The largest absolute Gasteiger partial charge is 0.469 e. The number of phosphoric acid groups is 1. The fraction of sp³-hybridized carbons (Fsp3) is 0.455. The Morgan fingerprint density at radius 1 is 1.33 bits per heavy atom. The molecule has 0 aliphatic heterocycles. The van der Waals surface area contributed by atoms with Crippen LogP contribution in [0.4, 0.5) is 0 Å². The average Bonchev–Trinajstić information content (AvgIpc) is 2.34. The van der Waals surface area contributed by atoms with Crippen LogP contribution in [0.5, 0.6) is 0 Å². The first-order valence-electron chi connectivity index (χ1n) is 5.59. The number of phosphoric ester groups is 1. The van der Waals surface area contributed by atoms with Gasteiger partial charge < -0.3 is 9.79 Å². The van der Waals surface area contributed by atoms with Crippen molar-refractivity contribution in [1.29, 1.82) is 0 Å². The molecule has 2 N–H and O–H groups in total. The standard InChI is InChI=1S/C11H17O5PS/c1-2-10(8-9-16-17(12,13)14)18(15)11-6-4-3-5-7-11/h3-7,10H,2,8-9H2,1H3,(H2,12,13,14). The van der Waals surface area contributed by atoms with Gasteiger partial charge in [0.15, 0.2) is 0 Å². The molecule has 0 amide bonds. The van der Waals surface area contributed by atoms with E-state index >= 15 is 0 Å². The van der Waals surface area contributed by atoms with Crippen molar-refractivity contribution >= 4 is 18.6 Å². The summed E-state index contributed by atoms with van der Waals surface area (Å²) in [6.45, 7) is 1.80. The van der Waals surface area contributed by atoms with Gasteiger partial charge >= 0.3 is 7.82 Å². The van der Waals surface area contributed by atoms with Crippen LogP contribution >= 0.6 is 7.82 Å². The second-order valence-electron chi connectivity index (χ2n) is 3.75. The molecule has 2 unspecified atom stereocenters. The van der Waals surface area contributed by atoms with Crippen molar-refractivity contribution in [3.8, 4) is 0 Å². The Morgan fingerprint density at radius 2 is 1.94 bits per heavy atom. The lowest BCUT2D eigenvalue weighted by atomic mass is 10.2. The molecular formula is C11H17O5PS. The summed E-state index contributed by atoms with van der Waals surface area (Å²) in [5.74, 6) is 0. The van der Waals surface area contributed by atoms with Gasteiger partial charge in [-0.15, -0.1) is 0 Å². The number of benzene rings is 1. The molecule has 0 bridgehead atoms. The summed E-state index contributed by atoms with van der Waals surface area (Å²) in [5, 5.41) is -0.168. The van der Waals surface area contributed by atoms with Crippen LogP contribution in [0.25, 0.3) is 0 Å². The van der Waals surface area contributed by atoms with Gasteiger partial charge in [0.25, 0.3) is 0 Å². The first-order valence-corrected chi connectivity index (χ1v) is 8.34. The van der Waals surface area contributed by atoms with E-state index in [9.17, 15) is 8.77 Å². The van der Waals surface area contributed by atoms with E-state index in [4.69, 9.17) is 9.79 Å². The lowest BCUT2D eigenvalue weighted by Gasteiger charge is -2.14. The van der Waals surface area contributed by atoms with Crippen molar-refractivity contribution in [1.82, 2.24) is 0 Å². The van der Waals surface area contributed by atoms with Crippen LogP contribution in [0.3, 0.4) is 0 Å². The van der Waals surface area contributed by atoms with Crippen molar-refractivity contribution in [2.45, 2.75) is 29.9 Å². The van der Waals surface area contributed by atoms with Crippen LogP contribution in [0, 0.1) is 0 Å². The highest BCUT2D eigenvalue weighted by atomic mass is 32.2. The predicted octanol–water partition coefficient (Wildman–Crippen LogP) is 2.07. The van der Waals surface area contributed by atoms with Crippen LogP contribution in [0.1, 0.15) is 19.8 Å². The van der Waals surface area contributed by atoms with Crippen molar-refractivity contribution in [2.75, 3.05) is 6.61 Å². The molecule has 0 fully saturated rings. The van der Waals surface area contributed by atoms with Crippen LogP contribution in [-0.4, -0.2) is 25.9 Å². The Kier molecular flexibility index (Phi) is 6.18. The van der Waals surface area contributed by atoms with Crippen molar-refractivity contribution in [3.63, 3.8) is 0 Å². The second kappa shape index (κ2) is 7.16. The maximum atomic E-state index is 12.2. The summed E-state index contributed by atoms with van der Waals surface area (Å²) >= 11 is 0. The van der Waals surface area contributed by atoms with E-state index in [2.05, 4.69) is 4.52 Å². The Labute approximate surface area is 109 Å². The third kappa shape index (κ3) is 5.42. The zero-order valence-electron chi connectivity index (χ0n) is 10.1. The third-order valence-corrected chi connectivity index (χ3v) is 4.86. The quantitative estimate of drug-likeness (QED) is 0.752. The number of hydrogen-bond donors (Lipinski definition) is 2. The van der Waals surface area contributed by atoms with Gasteiger partial charge in [-0.1, -0.05) is 25.1 Å². The summed E-state index contributed by atoms with van der Waals surface area (Å²) in [6, 6.07) is 9.03. The summed E-state index contributed by atoms with van der Waals surface area (Å²) < 4.78 is 27.1. The highest BCUT2D eigenvalue weighted by molar-refractivity contribution is 7.85. The predicted molar refractivity (Wildman–Crippen MR) is 69.5 cm³/mol. The highest BCUT2D eigenvalue weighted by Crippen LogP contribution is 2.36. The third-order valence-electron chi connectivity index (χ3n) is 2.43. The molecule has 0 saturated carbocycles. The van der Waals surface area contributed by atoms with E-state index in [1.165, 1.54) is 0 Å². The van der Waals surface area contributed by atoms with Gasteiger partial charge in [-0.25, -0.2) is 4.57 Å². The summed E-state index contributed by atoms with van der Waals surface area (Å²) in [4.78, 5) is 17.9. The summed E-state index contributed by atoms with van der Waals surface area (Å²) in [5.41, 5.74) is 0. The number of rotatable bonds is 7. The molecule has 5 nitrogen and oxygen atoms in total. The van der Waals surface area contributed by atoms with Crippen molar-refractivity contribution < 1.29 is 23.1 Å². The van der Waals surface area contributed by atoms with E-state index in [-0.39, 0.29) is 11.9 Å². The van der Waals surface area contributed by atoms with Crippen molar-refractivity contribution in [3.05, 3.63) is 30.3 Å². The molecule has 7 heteroatoms. The first kappa shape index (κ1) is 15.5. The Bertz CT molecular complexity index is 430. The van der Waals surface area contributed by atoms with E-state index < -0.39 is 18.6 Å². The van der Waals surface area contributed by atoms with E-state index in [0.29, 0.717) is 12.8 Å². The van der Waals surface area contributed by atoms with Gasteiger partial charge in [0.05, 0.1) is 17.4 Å². The molecule has 0 heterocycles. The van der Waals surface area contributed by atoms with E-state index in [1.807, 2.05) is 25.1 Å². The topological polar surface area (TPSA) is 83.8 Å². The zero-order valence-corrected chi connectivity index (χ0v) is 11.8. The van der Waals surface area contributed by atoms with Gasteiger partial charge in [0, 0.05) is 10.1 Å². The van der Waals surface area contributed by atoms with Gasteiger partial charge in [0.2, 0.25) is 0 Å². The Balaban J connectivity index is 2.56. The van der Waals surface area contributed by atoms with E-state index in [1.54, 1.807) is 12.1 Å². The molecule has 2 atom stereocenters. The van der Waals surface area contributed by atoms with Crippen LogP contribution < -0.4 is 0 Å². The van der Waals surface area contributed by atoms with Gasteiger partial charge in [-0.3, -0.25) is 8.73 Å². The van der Waals surface area contributed by atoms with Crippen LogP contribution in [-0.2, 0) is 19.9 Å². The molecule has 0 aliphatic carbocycles. The Morgan fingerprint density at radius 3 is 2.44 bits per heavy atom. The van der Waals surface area contributed by atoms with Crippen molar-refractivity contribution in [2.24, 2.45) is 0 Å². The van der Waals surface area contributed by atoms with Gasteiger partial charge in [0.1, 0.15) is 0 Å². The molecule has 1 rings (SSSR count). The number of hydrogen-bond acceptors (Lipinski definition) is 3. The minimum atomic E-state index is -4.43. The lowest BCUT2D eigenvalue weighted by Crippen LogP contribution is -2.16. The van der Waals surface area contributed by atoms with Crippen LogP contribution in [0.15, 0.2) is 35.2 Å². The maximum Gasteiger partial charge on any atom is 0.469 e. The molecule has 0 saturated heterocycles. The Hall–Kier alpha value is -0.520. The van der Waals surface area contributed by atoms with E-state index in [0.717, 1.165) is 4.90 Å². The normalized spacial score (nSPS) is 15.3.